The van der Waals surface area contributed by atoms with E-state index in [9.17, 15) is 18.0 Å². The molecule has 1 heterocycles. The van der Waals surface area contributed by atoms with E-state index in [1.807, 2.05) is 0 Å². The molecule has 1 saturated heterocycles. The summed E-state index contributed by atoms with van der Waals surface area (Å²) in [5, 5.41) is 0. The summed E-state index contributed by atoms with van der Waals surface area (Å²) in [4.78, 5) is 13.9. The van der Waals surface area contributed by atoms with Gasteiger partial charge in [0.1, 0.15) is 0 Å². The van der Waals surface area contributed by atoms with Crippen molar-refractivity contribution in [3.63, 3.8) is 0 Å². The lowest BCUT2D eigenvalue weighted by atomic mass is 9.99. The smallest absolute Gasteiger partial charge is 0.341 e. The van der Waals surface area contributed by atoms with E-state index in [0.717, 1.165) is 18.9 Å². The molecule has 2 rings (SSSR count). The van der Waals surface area contributed by atoms with Gasteiger partial charge in [0.05, 0.1) is 12.0 Å². The van der Waals surface area contributed by atoms with Gasteiger partial charge in [-0.15, -0.1) is 0 Å². The third-order valence-corrected chi connectivity index (χ3v) is 4.17. The van der Waals surface area contributed by atoms with Crippen LogP contribution >= 0.6 is 0 Å². The number of amides is 1. The summed E-state index contributed by atoms with van der Waals surface area (Å²) in [5.41, 5.74) is 5.29. The number of alkyl halides is 3. The van der Waals surface area contributed by atoms with E-state index in [2.05, 4.69) is 6.92 Å². The number of halogens is 3. The van der Waals surface area contributed by atoms with Crippen LogP contribution in [0.15, 0.2) is 24.3 Å². The topological polar surface area (TPSA) is 46.3 Å². The van der Waals surface area contributed by atoms with Crippen molar-refractivity contribution < 1.29 is 18.0 Å². The quantitative estimate of drug-likeness (QED) is 0.929. The van der Waals surface area contributed by atoms with Crippen LogP contribution in [0.1, 0.15) is 30.9 Å². The van der Waals surface area contributed by atoms with E-state index in [4.69, 9.17) is 5.73 Å². The Morgan fingerprint density at radius 1 is 1.32 bits per heavy atom. The van der Waals surface area contributed by atoms with Gasteiger partial charge in [0, 0.05) is 19.1 Å². The summed E-state index contributed by atoms with van der Waals surface area (Å²) in [6, 6.07) is 5.15. The Labute approximate surface area is 128 Å². The summed E-state index contributed by atoms with van der Waals surface area (Å²) in [5.74, 6) is -0.0439. The Hall–Kier alpha value is -1.56. The van der Waals surface area contributed by atoms with Crippen molar-refractivity contribution in [1.29, 1.82) is 0 Å². The number of benzene rings is 1. The lowest BCUT2D eigenvalue weighted by molar-refractivity contribution is -0.138. The molecule has 0 unspecified atom stereocenters. The minimum Gasteiger partial charge on any atom is -0.341 e. The molecular weight excluding hydrogens is 293 g/mol. The second kappa shape index (κ2) is 6.69. The van der Waals surface area contributed by atoms with Crippen LogP contribution in [0, 0.1) is 5.92 Å². The maximum atomic E-state index is 13.0. The molecule has 1 aromatic carbocycles. The maximum Gasteiger partial charge on any atom is 0.416 e. The first-order valence-corrected chi connectivity index (χ1v) is 7.51. The molecular formula is C16H21F3N2O. The largest absolute Gasteiger partial charge is 0.416 e. The van der Waals surface area contributed by atoms with Gasteiger partial charge in [0.2, 0.25) is 5.91 Å². The lowest BCUT2D eigenvalue weighted by Crippen LogP contribution is -2.33. The number of carbonyl (C=O) groups is 1. The van der Waals surface area contributed by atoms with E-state index in [-0.39, 0.29) is 29.9 Å². The second-order valence-corrected chi connectivity index (χ2v) is 5.84. The first-order chi connectivity index (χ1) is 10.3. The molecule has 1 aliphatic heterocycles. The third kappa shape index (κ3) is 3.80. The first kappa shape index (κ1) is 16.8. The van der Waals surface area contributed by atoms with Crippen LogP contribution in [0.2, 0.25) is 0 Å². The molecule has 0 spiro atoms. The van der Waals surface area contributed by atoms with E-state index < -0.39 is 11.7 Å². The SMILES string of the molecule is CCC[C@@H]1CN(C(=O)Cc2ccccc2C(F)(F)F)C[C@H]1N. The summed E-state index contributed by atoms with van der Waals surface area (Å²) in [6.07, 6.45) is -2.76. The van der Waals surface area contributed by atoms with Crippen molar-refractivity contribution in [1.82, 2.24) is 4.90 Å². The second-order valence-electron chi connectivity index (χ2n) is 5.84. The van der Waals surface area contributed by atoms with Gasteiger partial charge < -0.3 is 10.6 Å². The highest BCUT2D eigenvalue weighted by molar-refractivity contribution is 5.79. The van der Waals surface area contributed by atoms with Gasteiger partial charge in [-0.2, -0.15) is 13.2 Å². The maximum absolute atomic E-state index is 13.0. The van der Waals surface area contributed by atoms with Crippen molar-refractivity contribution in [2.24, 2.45) is 11.7 Å². The Morgan fingerprint density at radius 2 is 2.00 bits per heavy atom. The fraction of sp³-hybridized carbons (Fsp3) is 0.562. The van der Waals surface area contributed by atoms with Gasteiger partial charge in [0.25, 0.3) is 0 Å². The van der Waals surface area contributed by atoms with E-state index >= 15 is 0 Å². The summed E-state index contributed by atoms with van der Waals surface area (Å²) >= 11 is 0. The van der Waals surface area contributed by atoms with Gasteiger partial charge >= 0.3 is 6.18 Å². The zero-order valence-corrected chi connectivity index (χ0v) is 12.6. The molecule has 22 heavy (non-hydrogen) atoms. The number of hydrogen-bond acceptors (Lipinski definition) is 2. The molecule has 0 radical (unpaired) electrons. The molecule has 0 aromatic heterocycles. The molecule has 1 fully saturated rings. The summed E-state index contributed by atoms with van der Waals surface area (Å²) < 4.78 is 38.9. The van der Waals surface area contributed by atoms with E-state index in [0.29, 0.717) is 13.1 Å². The van der Waals surface area contributed by atoms with Crippen molar-refractivity contribution in [3.05, 3.63) is 35.4 Å². The molecule has 0 bridgehead atoms. The first-order valence-electron chi connectivity index (χ1n) is 7.51. The van der Waals surface area contributed by atoms with Crippen LogP contribution in [0.3, 0.4) is 0 Å². The normalized spacial score (nSPS) is 22.1. The average molecular weight is 314 g/mol. The van der Waals surface area contributed by atoms with Gasteiger partial charge in [-0.3, -0.25) is 4.79 Å². The Kier molecular flexibility index (Phi) is 5.11. The highest BCUT2D eigenvalue weighted by atomic mass is 19.4. The predicted octanol–water partition coefficient (Wildman–Crippen LogP) is 2.83. The molecule has 0 saturated carbocycles. The van der Waals surface area contributed by atoms with Crippen LogP contribution in [0.4, 0.5) is 13.2 Å². The van der Waals surface area contributed by atoms with Crippen molar-refractivity contribution >= 4 is 5.91 Å². The van der Waals surface area contributed by atoms with Crippen LogP contribution in [0.25, 0.3) is 0 Å². The summed E-state index contributed by atoms with van der Waals surface area (Å²) in [7, 11) is 0. The standard InChI is InChI=1S/C16H21F3N2O/c1-2-5-12-9-21(10-14(12)20)15(22)8-11-6-3-4-7-13(11)16(17,18)19/h3-4,6-7,12,14H,2,5,8-10,20H2,1H3/t12-,14-/m1/s1. The number of nitrogens with zero attached hydrogens (tertiary/aromatic N) is 1. The Morgan fingerprint density at radius 3 is 2.64 bits per heavy atom. The molecule has 122 valence electrons. The molecule has 3 nitrogen and oxygen atoms in total. The third-order valence-electron chi connectivity index (χ3n) is 4.17. The molecule has 1 aliphatic rings. The van der Waals surface area contributed by atoms with Crippen LogP contribution in [-0.4, -0.2) is 29.9 Å². The van der Waals surface area contributed by atoms with Crippen LogP contribution in [-0.2, 0) is 17.4 Å². The fourth-order valence-corrected chi connectivity index (χ4v) is 3.00. The average Bonchev–Trinajstić information content (AvgIpc) is 2.80. The van der Waals surface area contributed by atoms with E-state index in [1.54, 1.807) is 4.90 Å². The monoisotopic (exact) mass is 314 g/mol. The highest BCUT2D eigenvalue weighted by Gasteiger charge is 2.35. The lowest BCUT2D eigenvalue weighted by Gasteiger charge is -2.18. The molecule has 1 amide bonds. The minimum absolute atomic E-state index is 0.0208. The highest BCUT2D eigenvalue weighted by Crippen LogP contribution is 2.32. The molecule has 2 N–H and O–H groups in total. The van der Waals surface area contributed by atoms with Gasteiger partial charge in [0.15, 0.2) is 0 Å². The molecule has 0 aliphatic carbocycles. The zero-order chi connectivity index (χ0) is 16.3. The molecule has 1 aromatic rings. The fourth-order valence-electron chi connectivity index (χ4n) is 3.00. The number of likely N-dealkylation sites (tertiary alicyclic amines) is 1. The Balaban J connectivity index is 2.08. The Bertz CT molecular complexity index is 530. The van der Waals surface area contributed by atoms with Crippen molar-refractivity contribution in [3.8, 4) is 0 Å². The van der Waals surface area contributed by atoms with Crippen LogP contribution < -0.4 is 5.73 Å². The number of nitrogens with two attached hydrogens (primary N) is 1. The van der Waals surface area contributed by atoms with Crippen molar-refractivity contribution in [2.75, 3.05) is 13.1 Å². The summed E-state index contributed by atoms with van der Waals surface area (Å²) in [6.45, 7) is 3.02. The van der Waals surface area contributed by atoms with Crippen molar-refractivity contribution in [2.45, 2.75) is 38.4 Å². The van der Waals surface area contributed by atoms with Gasteiger partial charge in [-0.25, -0.2) is 0 Å². The number of hydrogen-bond donors (Lipinski definition) is 1. The van der Waals surface area contributed by atoms with E-state index in [1.165, 1.54) is 18.2 Å². The minimum atomic E-state index is -4.44. The molecule has 6 heteroatoms. The number of carbonyl (C=O) groups excluding carboxylic acids is 1. The molecule has 2 atom stereocenters. The van der Waals surface area contributed by atoms with Gasteiger partial charge in [-0.05, 0) is 24.0 Å². The van der Waals surface area contributed by atoms with Gasteiger partial charge in [-0.1, -0.05) is 31.5 Å². The number of rotatable bonds is 4. The zero-order valence-electron chi connectivity index (χ0n) is 12.6. The predicted molar refractivity (Wildman–Crippen MR) is 78.1 cm³/mol. The van der Waals surface area contributed by atoms with Crippen LogP contribution in [0.5, 0.6) is 0 Å².